The molecule has 1 aliphatic rings. The first-order chi connectivity index (χ1) is 7.47. The van der Waals surface area contributed by atoms with Crippen molar-refractivity contribution in [1.82, 2.24) is 0 Å². The van der Waals surface area contributed by atoms with E-state index < -0.39 is 13.9 Å². The minimum absolute atomic E-state index is 0.679. The first kappa shape index (κ1) is 11.4. The molecule has 0 saturated heterocycles. The van der Waals surface area contributed by atoms with Crippen LogP contribution in [0.25, 0.3) is 0 Å². The molecule has 0 aliphatic heterocycles. The van der Waals surface area contributed by atoms with Gasteiger partial charge in [-0.3, -0.25) is 0 Å². The summed E-state index contributed by atoms with van der Waals surface area (Å²) in [5.41, 5.74) is 1.67. The Morgan fingerprint density at radius 2 is 2.00 bits per heavy atom. The first-order valence-corrected chi connectivity index (χ1v) is 9.07. The summed E-state index contributed by atoms with van der Waals surface area (Å²) >= 11 is 0. The zero-order valence-electron chi connectivity index (χ0n) is 10.1. The molecule has 16 heavy (non-hydrogen) atoms. The van der Waals surface area contributed by atoms with Crippen LogP contribution in [0, 0.1) is 11.3 Å². The summed E-state index contributed by atoms with van der Waals surface area (Å²) in [4.78, 5) is 0. The van der Waals surface area contributed by atoms with E-state index in [2.05, 4.69) is 31.8 Å². The fourth-order valence-corrected chi connectivity index (χ4v) is 3.65. The SMILES string of the molecule is C[Si](C)(C)O[C@]1(C#N)CCc2ccccc21. The molecule has 0 fully saturated rings. The van der Waals surface area contributed by atoms with Crippen LogP contribution in [-0.2, 0) is 16.4 Å². The molecule has 0 spiro atoms. The summed E-state index contributed by atoms with van der Waals surface area (Å²) in [5.74, 6) is 0. The van der Waals surface area contributed by atoms with E-state index in [0.717, 1.165) is 18.4 Å². The van der Waals surface area contributed by atoms with Crippen molar-refractivity contribution >= 4 is 8.32 Å². The van der Waals surface area contributed by atoms with Crippen LogP contribution in [0.4, 0.5) is 0 Å². The van der Waals surface area contributed by atoms with Gasteiger partial charge in [-0.2, -0.15) is 5.26 Å². The summed E-state index contributed by atoms with van der Waals surface area (Å²) in [6.45, 7) is 6.40. The highest BCUT2D eigenvalue weighted by Crippen LogP contribution is 2.41. The average Bonchev–Trinajstić information content (AvgIpc) is 2.57. The van der Waals surface area contributed by atoms with Crippen molar-refractivity contribution in [3.8, 4) is 6.07 Å². The molecule has 0 amide bonds. The van der Waals surface area contributed by atoms with Gasteiger partial charge in [-0.05, 0) is 38.0 Å². The zero-order chi connectivity index (χ0) is 11.8. The van der Waals surface area contributed by atoms with Gasteiger partial charge in [-0.25, -0.2) is 0 Å². The van der Waals surface area contributed by atoms with E-state index in [1.54, 1.807) is 0 Å². The van der Waals surface area contributed by atoms with E-state index in [9.17, 15) is 5.26 Å². The lowest BCUT2D eigenvalue weighted by atomic mass is 9.98. The monoisotopic (exact) mass is 231 g/mol. The Hall–Kier alpha value is -1.11. The van der Waals surface area contributed by atoms with E-state index in [-0.39, 0.29) is 0 Å². The molecule has 0 radical (unpaired) electrons. The Kier molecular flexibility index (Phi) is 2.65. The third-order valence-electron chi connectivity index (χ3n) is 2.86. The number of hydrogen-bond donors (Lipinski definition) is 0. The molecule has 0 aromatic heterocycles. The van der Waals surface area contributed by atoms with Gasteiger partial charge in [-0.15, -0.1) is 0 Å². The fraction of sp³-hybridized carbons (Fsp3) is 0.462. The van der Waals surface area contributed by atoms with Crippen molar-refractivity contribution in [2.24, 2.45) is 0 Å². The first-order valence-electron chi connectivity index (χ1n) is 5.67. The van der Waals surface area contributed by atoms with Crippen LogP contribution in [0.2, 0.25) is 19.6 Å². The van der Waals surface area contributed by atoms with Crippen molar-refractivity contribution in [1.29, 1.82) is 5.26 Å². The Labute approximate surface area is 98.0 Å². The molecular weight excluding hydrogens is 214 g/mol. The van der Waals surface area contributed by atoms with Crippen LogP contribution in [0.3, 0.4) is 0 Å². The minimum Gasteiger partial charge on any atom is -0.396 e. The Morgan fingerprint density at radius 1 is 1.31 bits per heavy atom. The number of nitriles is 1. The van der Waals surface area contributed by atoms with Gasteiger partial charge in [0, 0.05) is 5.56 Å². The van der Waals surface area contributed by atoms with Gasteiger partial charge in [0.15, 0.2) is 13.9 Å². The second kappa shape index (κ2) is 3.72. The lowest BCUT2D eigenvalue weighted by Crippen LogP contribution is -2.38. The number of fused-ring (bicyclic) bond motifs is 1. The van der Waals surface area contributed by atoms with Crippen molar-refractivity contribution in [2.45, 2.75) is 38.1 Å². The second-order valence-corrected chi connectivity index (χ2v) is 9.74. The fourth-order valence-electron chi connectivity index (χ4n) is 2.35. The zero-order valence-corrected chi connectivity index (χ0v) is 11.1. The maximum atomic E-state index is 9.47. The van der Waals surface area contributed by atoms with Crippen molar-refractivity contribution in [3.05, 3.63) is 35.4 Å². The summed E-state index contributed by atoms with van der Waals surface area (Å²) < 4.78 is 6.14. The van der Waals surface area contributed by atoms with E-state index in [1.165, 1.54) is 5.56 Å². The topological polar surface area (TPSA) is 33.0 Å². The number of hydrogen-bond acceptors (Lipinski definition) is 2. The Morgan fingerprint density at radius 3 is 2.62 bits per heavy atom. The molecule has 0 bridgehead atoms. The van der Waals surface area contributed by atoms with Gasteiger partial charge in [0.05, 0.1) is 0 Å². The maximum Gasteiger partial charge on any atom is 0.186 e. The van der Waals surface area contributed by atoms with Gasteiger partial charge in [0.1, 0.15) is 6.07 Å². The van der Waals surface area contributed by atoms with Crippen LogP contribution < -0.4 is 0 Å². The highest BCUT2D eigenvalue weighted by atomic mass is 28.4. The largest absolute Gasteiger partial charge is 0.396 e. The summed E-state index contributed by atoms with van der Waals surface area (Å²) in [7, 11) is -1.71. The predicted molar refractivity (Wildman–Crippen MR) is 66.5 cm³/mol. The summed E-state index contributed by atoms with van der Waals surface area (Å²) in [6, 6.07) is 10.6. The van der Waals surface area contributed by atoms with Gasteiger partial charge < -0.3 is 4.43 Å². The number of aryl methyl sites for hydroxylation is 1. The Bertz CT molecular complexity index is 444. The van der Waals surface area contributed by atoms with Gasteiger partial charge >= 0.3 is 0 Å². The van der Waals surface area contributed by atoms with Crippen LogP contribution in [0.15, 0.2) is 24.3 Å². The highest BCUT2D eigenvalue weighted by molar-refractivity contribution is 6.69. The maximum absolute atomic E-state index is 9.47. The quantitative estimate of drug-likeness (QED) is 0.732. The highest BCUT2D eigenvalue weighted by Gasteiger charge is 2.42. The number of benzene rings is 1. The molecule has 1 aromatic carbocycles. The van der Waals surface area contributed by atoms with E-state index in [0.29, 0.717) is 0 Å². The van der Waals surface area contributed by atoms with Gasteiger partial charge in [0.25, 0.3) is 0 Å². The third-order valence-corrected chi connectivity index (χ3v) is 3.82. The number of nitrogens with zero attached hydrogens (tertiary/aromatic N) is 1. The molecule has 1 aliphatic carbocycles. The number of rotatable bonds is 2. The van der Waals surface area contributed by atoms with E-state index in [4.69, 9.17) is 4.43 Å². The van der Waals surface area contributed by atoms with E-state index in [1.807, 2.05) is 18.2 Å². The molecule has 84 valence electrons. The molecule has 2 nitrogen and oxygen atoms in total. The molecule has 0 saturated carbocycles. The van der Waals surface area contributed by atoms with Crippen LogP contribution in [-0.4, -0.2) is 8.32 Å². The van der Waals surface area contributed by atoms with E-state index >= 15 is 0 Å². The predicted octanol–water partition coefficient (Wildman–Crippen LogP) is 3.20. The third kappa shape index (κ3) is 1.91. The van der Waals surface area contributed by atoms with Gasteiger partial charge in [0.2, 0.25) is 0 Å². The van der Waals surface area contributed by atoms with Gasteiger partial charge in [-0.1, -0.05) is 24.3 Å². The average molecular weight is 231 g/mol. The second-order valence-electron chi connectivity index (χ2n) is 5.31. The molecule has 0 N–H and O–H groups in total. The standard InChI is InChI=1S/C13H17NOSi/c1-16(2,3)15-13(10-14)9-8-11-6-4-5-7-12(11)13/h4-7H,8-9H2,1-3H3/t13-/m0/s1. The van der Waals surface area contributed by atoms with Crippen molar-refractivity contribution in [3.63, 3.8) is 0 Å². The molecule has 1 atom stereocenters. The van der Waals surface area contributed by atoms with Crippen LogP contribution in [0.5, 0.6) is 0 Å². The molecular formula is C13H17NOSi. The molecule has 0 heterocycles. The minimum atomic E-state index is -1.71. The van der Waals surface area contributed by atoms with Crippen molar-refractivity contribution in [2.75, 3.05) is 0 Å². The lowest BCUT2D eigenvalue weighted by Gasteiger charge is -2.31. The molecule has 3 heteroatoms. The lowest BCUT2D eigenvalue weighted by molar-refractivity contribution is 0.121. The molecule has 2 rings (SSSR count). The molecule has 0 unspecified atom stereocenters. The summed E-state index contributed by atoms with van der Waals surface area (Å²) in [5, 5.41) is 9.47. The van der Waals surface area contributed by atoms with Crippen LogP contribution >= 0.6 is 0 Å². The van der Waals surface area contributed by atoms with Crippen LogP contribution in [0.1, 0.15) is 17.5 Å². The smallest absolute Gasteiger partial charge is 0.186 e. The molecule has 1 aromatic rings. The summed E-state index contributed by atoms with van der Waals surface area (Å²) in [6.07, 6.45) is 1.75. The normalized spacial score (nSPS) is 23.9. The Balaban J connectivity index is 2.43. The van der Waals surface area contributed by atoms with Crippen molar-refractivity contribution < 1.29 is 4.43 Å².